The minimum Gasteiger partial charge on any atom is -0.481 e. The lowest BCUT2D eigenvalue weighted by Gasteiger charge is -2.11. The molecule has 17 heavy (non-hydrogen) atoms. The summed E-state index contributed by atoms with van der Waals surface area (Å²) in [4.78, 5) is 33.2. The van der Waals surface area contributed by atoms with Crippen molar-refractivity contribution in [1.29, 1.82) is 0 Å². The van der Waals surface area contributed by atoms with Gasteiger partial charge >= 0.3 is 5.97 Å². The number of amides is 1. The summed E-state index contributed by atoms with van der Waals surface area (Å²) < 4.78 is 12.2. The van der Waals surface area contributed by atoms with Crippen molar-refractivity contribution in [1.82, 2.24) is 0 Å². The first-order valence-electron chi connectivity index (χ1n) is 4.69. The highest BCUT2D eigenvalue weighted by molar-refractivity contribution is 7.14. The van der Waals surface area contributed by atoms with E-state index in [1.807, 2.05) is 0 Å². The molecule has 0 saturated heterocycles. The molecule has 2 N–H and O–H groups in total. The first-order chi connectivity index (χ1) is 8.04. The Kier molecular flexibility index (Phi) is 4.77. The van der Waals surface area contributed by atoms with Gasteiger partial charge in [-0.25, -0.2) is 4.39 Å². The fraction of sp³-hybridized carbons (Fsp3) is 0.300. The van der Waals surface area contributed by atoms with Crippen LogP contribution in [0.15, 0.2) is 17.5 Å². The molecule has 7 heteroatoms. The maximum Gasteiger partial charge on any atom is 0.304 e. The van der Waals surface area contributed by atoms with Crippen molar-refractivity contribution < 1.29 is 23.9 Å². The molecule has 1 rings (SSSR count). The third-order valence-electron chi connectivity index (χ3n) is 1.98. The molecule has 0 fully saturated rings. The number of nitrogens with one attached hydrogen (secondary N) is 1. The van der Waals surface area contributed by atoms with Crippen molar-refractivity contribution in [3.8, 4) is 0 Å². The largest absolute Gasteiger partial charge is 0.481 e. The predicted molar refractivity (Wildman–Crippen MR) is 59.7 cm³/mol. The second kappa shape index (κ2) is 6.09. The maximum atomic E-state index is 12.2. The number of hydrogen-bond acceptors (Lipinski definition) is 4. The van der Waals surface area contributed by atoms with Gasteiger partial charge in [0.05, 0.1) is 11.4 Å². The second-order valence-electron chi connectivity index (χ2n) is 3.22. The zero-order chi connectivity index (χ0) is 12.8. The molecule has 1 heterocycles. The molecule has 0 saturated carbocycles. The molecular weight excluding hydrogens is 249 g/mol. The summed E-state index contributed by atoms with van der Waals surface area (Å²) in [7, 11) is 0. The number of thiophene rings is 1. The Bertz CT molecular complexity index is 418. The van der Waals surface area contributed by atoms with Crippen LogP contribution in [0.5, 0.6) is 0 Å². The Hall–Kier alpha value is -1.76. The van der Waals surface area contributed by atoms with Crippen LogP contribution in [0, 0.1) is 5.92 Å². The normalized spacial score (nSPS) is 11.8. The van der Waals surface area contributed by atoms with Crippen LogP contribution in [0.4, 0.5) is 9.39 Å². The SMILES string of the molecule is O=C(O)CC(C(=O)CF)C(=O)Nc1cccs1. The molecule has 0 aliphatic heterocycles. The van der Waals surface area contributed by atoms with Crippen molar-refractivity contribution in [2.45, 2.75) is 6.42 Å². The number of halogens is 1. The van der Waals surface area contributed by atoms with Gasteiger partial charge in [-0.15, -0.1) is 11.3 Å². The van der Waals surface area contributed by atoms with Crippen molar-refractivity contribution in [2.24, 2.45) is 5.92 Å². The number of carbonyl (C=O) groups is 3. The molecule has 1 atom stereocenters. The predicted octanol–water partition coefficient (Wildman–Crippen LogP) is 1.32. The Morgan fingerprint density at radius 2 is 2.18 bits per heavy atom. The zero-order valence-electron chi connectivity index (χ0n) is 8.68. The molecule has 5 nitrogen and oxygen atoms in total. The summed E-state index contributed by atoms with van der Waals surface area (Å²) in [6.07, 6.45) is -0.708. The summed E-state index contributed by atoms with van der Waals surface area (Å²) in [5.41, 5.74) is 0. The number of rotatable bonds is 6. The number of alkyl halides is 1. The van der Waals surface area contributed by atoms with Crippen LogP contribution >= 0.6 is 11.3 Å². The molecule has 0 aliphatic carbocycles. The van der Waals surface area contributed by atoms with E-state index >= 15 is 0 Å². The van der Waals surface area contributed by atoms with Gasteiger partial charge < -0.3 is 10.4 Å². The van der Waals surface area contributed by atoms with Crippen LogP contribution < -0.4 is 5.32 Å². The molecule has 92 valence electrons. The lowest BCUT2D eigenvalue weighted by molar-refractivity contribution is -0.144. The molecule has 1 aromatic heterocycles. The van der Waals surface area contributed by atoms with Gasteiger partial charge in [0.1, 0.15) is 12.6 Å². The van der Waals surface area contributed by atoms with E-state index in [4.69, 9.17) is 5.11 Å². The number of carbonyl (C=O) groups excluding carboxylic acids is 2. The minimum absolute atomic E-state index is 0.483. The van der Waals surface area contributed by atoms with Gasteiger partial charge in [-0.1, -0.05) is 0 Å². The quantitative estimate of drug-likeness (QED) is 0.754. The number of anilines is 1. The Balaban J connectivity index is 2.72. The lowest BCUT2D eigenvalue weighted by atomic mass is 10.00. The molecule has 1 amide bonds. The minimum atomic E-state index is -1.49. The zero-order valence-corrected chi connectivity index (χ0v) is 9.50. The number of hydrogen-bond donors (Lipinski definition) is 2. The van der Waals surface area contributed by atoms with Gasteiger partial charge in [-0.05, 0) is 17.5 Å². The third-order valence-corrected chi connectivity index (χ3v) is 2.77. The van der Waals surface area contributed by atoms with Crippen LogP contribution in [0.3, 0.4) is 0 Å². The van der Waals surface area contributed by atoms with Crippen molar-refractivity contribution in [2.75, 3.05) is 12.0 Å². The standard InChI is InChI=1S/C10H10FNO4S/c11-5-7(13)6(4-9(14)15)10(16)12-8-2-1-3-17-8/h1-3,6H,4-5H2,(H,12,16)(H,14,15). The van der Waals surface area contributed by atoms with Crippen molar-refractivity contribution in [3.63, 3.8) is 0 Å². The van der Waals surface area contributed by atoms with Gasteiger partial charge in [-0.3, -0.25) is 14.4 Å². The van der Waals surface area contributed by atoms with Crippen LogP contribution in [0.1, 0.15) is 6.42 Å². The highest BCUT2D eigenvalue weighted by Crippen LogP contribution is 2.17. The van der Waals surface area contributed by atoms with E-state index in [2.05, 4.69) is 5.32 Å². The molecule has 0 bridgehead atoms. The average molecular weight is 259 g/mol. The van der Waals surface area contributed by atoms with Gasteiger partial charge in [0.25, 0.3) is 0 Å². The molecule has 0 aromatic carbocycles. The number of ketones is 1. The van der Waals surface area contributed by atoms with Crippen LogP contribution in [-0.2, 0) is 14.4 Å². The van der Waals surface area contributed by atoms with Gasteiger partial charge in [-0.2, -0.15) is 0 Å². The van der Waals surface area contributed by atoms with Gasteiger partial charge in [0.15, 0.2) is 5.78 Å². The van der Waals surface area contributed by atoms with E-state index in [0.29, 0.717) is 5.00 Å². The summed E-state index contributed by atoms with van der Waals surface area (Å²) >= 11 is 1.22. The van der Waals surface area contributed by atoms with E-state index in [1.54, 1.807) is 17.5 Å². The molecule has 0 spiro atoms. The van der Waals surface area contributed by atoms with Crippen LogP contribution in [0.25, 0.3) is 0 Å². The molecule has 0 radical (unpaired) electrons. The summed E-state index contributed by atoms with van der Waals surface area (Å²) in [6.45, 7) is -1.35. The van der Waals surface area contributed by atoms with Crippen LogP contribution in [0.2, 0.25) is 0 Å². The van der Waals surface area contributed by atoms with E-state index < -0.39 is 36.7 Å². The highest BCUT2D eigenvalue weighted by atomic mass is 32.1. The maximum absolute atomic E-state index is 12.2. The van der Waals surface area contributed by atoms with Crippen molar-refractivity contribution in [3.05, 3.63) is 17.5 Å². The van der Waals surface area contributed by atoms with Crippen molar-refractivity contribution >= 4 is 34.0 Å². The molecule has 0 aliphatic rings. The summed E-state index contributed by atoms with van der Waals surface area (Å²) in [6, 6.07) is 3.28. The van der Waals surface area contributed by atoms with E-state index in [0.717, 1.165) is 0 Å². The fourth-order valence-corrected chi connectivity index (χ4v) is 1.80. The van der Waals surface area contributed by atoms with E-state index in [-0.39, 0.29) is 0 Å². The van der Waals surface area contributed by atoms with Crippen LogP contribution in [-0.4, -0.2) is 29.4 Å². The third kappa shape index (κ3) is 3.95. The molecule has 1 unspecified atom stereocenters. The first-order valence-corrected chi connectivity index (χ1v) is 5.57. The number of Topliss-reactive ketones (excluding diaryl/α,β-unsaturated/α-hetero) is 1. The topological polar surface area (TPSA) is 83.5 Å². The van der Waals surface area contributed by atoms with E-state index in [1.165, 1.54) is 11.3 Å². The summed E-state index contributed by atoms with van der Waals surface area (Å²) in [5, 5.41) is 13.1. The Morgan fingerprint density at radius 1 is 1.47 bits per heavy atom. The number of carboxylic acids is 1. The number of aliphatic carboxylic acids is 1. The Morgan fingerprint density at radius 3 is 2.65 bits per heavy atom. The van der Waals surface area contributed by atoms with Gasteiger partial charge in [0.2, 0.25) is 5.91 Å². The highest BCUT2D eigenvalue weighted by Gasteiger charge is 2.29. The fourth-order valence-electron chi connectivity index (χ4n) is 1.18. The smallest absolute Gasteiger partial charge is 0.304 e. The monoisotopic (exact) mass is 259 g/mol. The molecule has 1 aromatic rings. The molecular formula is C10H10FNO4S. The Labute approximate surface area is 100 Å². The number of carboxylic acid groups (broad SMARTS) is 1. The first kappa shape index (κ1) is 13.3. The lowest BCUT2D eigenvalue weighted by Crippen LogP contribution is -2.32. The average Bonchev–Trinajstić information content (AvgIpc) is 2.77. The van der Waals surface area contributed by atoms with Gasteiger partial charge in [0, 0.05) is 0 Å². The summed E-state index contributed by atoms with van der Waals surface area (Å²) in [5.74, 6) is -4.63. The van der Waals surface area contributed by atoms with E-state index in [9.17, 15) is 18.8 Å². The second-order valence-corrected chi connectivity index (χ2v) is 4.16.